The average Bonchev–Trinajstić information content (AvgIpc) is 2.68. The van der Waals surface area contributed by atoms with Crippen LogP contribution in [0.3, 0.4) is 0 Å². The first-order chi connectivity index (χ1) is 13.8. The van der Waals surface area contributed by atoms with Crippen LogP contribution < -0.4 is 0 Å². The number of hydrogen-bond acceptors (Lipinski definition) is 0. The summed E-state index contributed by atoms with van der Waals surface area (Å²) < 4.78 is 0. The van der Waals surface area contributed by atoms with E-state index < -0.39 is 0 Å². The summed E-state index contributed by atoms with van der Waals surface area (Å²) in [7, 11) is 0. The summed E-state index contributed by atoms with van der Waals surface area (Å²) >= 11 is 0. The van der Waals surface area contributed by atoms with E-state index in [0.717, 1.165) is 0 Å². The van der Waals surface area contributed by atoms with Gasteiger partial charge in [0.25, 0.3) is 0 Å². The minimum Gasteiger partial charge on any atom is -0.0654 e. The van der Waals surface area contributed by atoms with E-state index in [9.17, 15) is 0 Å². The molecule has 0 bridgehead atoms. The van der Waals surface area contributed by atoms with E-state index in [4.69, 9.17) is 0 Å². The van der Waals surface area contributed by atoms with Crippen LogP contribution >= 0.6 is 0 Å². The second kappa shape index (κ2) is 25.0. The van der Waals surface area contributed by atoms with Crippen LogP contribution in [0.25, 0.3) is 0 Å². The third kappa shape index (κ3) is 26.0. The molecule has 0 saturated heterocycles. The molecule has 0 nitrogen and oxygen atoms in total. The Labute approximate surface area is 181 Å². The van der Waals surface area contributed by atoms with Gasteiger partial charge in [-0.25, -0.2) is 0 Å². The molecule has 0 aromatic heterocycles. The molecule has 1 radical (unpaired) electrons. The maximum atomic E-state index is 2.30. The fourth-order valence-corrected chi connectivity index (χ4v) is 4.26. The first kappa shape index (κ1) is 28.0. The highest BCUT2D eigenvalue weighted by molar-refractivity contribution is 4.75. The smallest absolute Gasteiger partial charge is 0.0303 e. The van der Waals surface area contributed by atoms with E-state index in [2.05, 4.69) is 20.8 Å². The summed E-state index contributed by atoms with van der Waals surface area (Å²) in [6.07, 6.45) is 35.2. The van der Waals surface area contributed by atoms with Gasteiger partial charge in [0.05, 0.1) is 0 Å². The maximum Gasteiger partial charge on any atom is -0.0303 e. The minimum absolute atomic E-state index is 1.35. The fraction of sp³-hybridized carbons (Fsp3) is 0.964. The van der Waals surface area contributed by atoms with Crippen LogP contribution in [-0.2, 0) is 0 Å². The van der Waals surface area contributed by atoms with Gasteiger partial charge in [0, 0.05) is 0 Å². The van der Waals surface area contributed by atoms with Crippen LogP contribution in [0.1, 0.15) is 175 Å². The molecule has 0 aliphatic heterocycles. The third-order valence-electron chi connectivity index (χ3n) is 6.28. The van der Waals surface area contributed by atoms with Crippen LogP contribution in [0.4, 0.5) is 0 Å². The first-order valence-corrected chi connectivity index (χ1v) is 13.6. The lowest BCUT2D eigenvalue weighted by molar-refractivity contribution is 0.517. The molecule has 0 fully saturated rings. The number of unbranched alkanes of at least 4 members (excludes halogenated alkanes) is 22. The Hall–Kier alpha value is 0. The third-order valence-corrected chi connectivity index (χ3v) is 6.28. The molecule has 0 heteroatoms. The van der Waals surface area contributed by atoms with Crippen LogP contribution in [0.15, 0.2) is 0 Å². The highest BCUT2D eigenvalue weighted by Gasteiger charge is 1.97. The van der Waals surface area contributed by atoms with Crippen LogP contribution in [0.5, 0.6) is 0 Å². The van der Waals surface area contributed by atoms with Crippen LogP contribution in [0, 0.1) is 5.92 Å². The van der Waals surface area contributed by atoms with Gasteiger partial charge in [0.2, 0.25) is 0 Å². The molecule has 0 aromatic carbocycles. The highest BCUT2D eigenvalue weighted by Crippen LogP contribution is 2.16. The van der Waals surface area contributed by atoms with Crippen molar-refractivity contribution < 1.29 is 0 Å². The van der Waals surface area contributed by atoms with Crippen molar-refractivity contribution in [1.82, 2.24) is 0 Å². The van der Waals surface area contributed by atoms with Gasteiger partial charge >= 0.3 is 0 Å². The summed E-state index contributed by atoms with van der Waals surface area (Å²) in [5.74, 6) is 1.60. The van der Waals surface area contributed by atoms with Gasteiger partial charge in [0.1, 0.15) is 0 Å². The molecule has 0 atom stereocenters. The normalized spacial score (nSPS) is 11.6. The zero-order chi connectivity index (χ0) is 20.5. The lowest BCUT2D eigenvalue weighted by Crippen LogP contribution is -1.86. The molecule has 0 unspecified atom stereocenters. The van der Waals surface area contributed by atoms with Crippen molar-refractivity contribution in [3.63, 3.8) is 0 Å². The Morgan fingerprint density at radius 2 is 0.536 bits per heavy atom. The molecular weight excluding hydrogens is 336 g/mol. The molecule has 0 aliphatic carbocycles. The second-order valence-electron chi connectivity index (χ2n) is 9.74. The van der Waals surface area contributed by atoms with Gasteiger partial charge in [-0.1, -0.05) is 168 Å². The molecule has 0 spiro atoms. The van der Waals surface area contributed by atoms with Gasteiger partial charge < -0.3 is 0 Å². The number of rotatable bonds is 24. The topological polar surface area (TPSA) is 0 Å². The summed E-state index contributed by atoms with van der Waals surface area (Å²) in [5, 5.41) is 0. The van der Waals surface area contributed by atoms with E-state index in [0.29, 0.717) is 0 Å². The second-order valence-corrected chi connectivity index (χ2v) is 9.74. The summed E-state index contributed by atoms with van der Waals surface area (Å²) in [6, 6.07) is 0. The largest absolute Gasteiger partial charge is 0.0654 e. The van der Waals surface area contributed by atoms with Crippen molar-refractivity contribution in [2.24, 2.45) is 0 Å². The van der Waals surface area contributed by atoms with Gasteiger partial charge in [-0.3, -0.25) is 0 Å². The van der Waals surface area contributed by atoms with Gasteiger partial charge in [0.15, 0.2) is 0 Å². The standard InChI is InChI=1S/C28H57/c1-4-5-6-7-8-9-10-11-12-13-14-15-16-17-18-19-20-21-22-23-24-25-26-27-28(2)3/h4-27H2,1-3H3. The molecule has 0 N–H and O–H groups in total. The van der Waals surface area contributed by atoms with E-state index >= 15 is 0 Å². The van der Waals surface area contributed by atoms with E-state index in [1.54, 1.807) is 5.92 Å². The fourth-order valence-electron chi connectivity index (χ4n) is 4.26. The maximum absolute atomic E-state index is 2.30. The highest BCUT2D eigenvalue weighted by atomic mass is 14.0. The Bertz CT molecular complexity index is 255. The minimum atomic E-state index is 1.35. The van der Waals surface area contributed by atoms with E-state index in [1.807, 2.05) is 0 Å². The van der Waals surface area contributed by atoms with Crippen molar-refractivity contribution in [3.05, 3.63) is 5.92 Å². The van der Waals surface area contributed by atoms with Crippen molar-refractivity contribution in [2.45, 2.75) is 175 Å². The average molecular weight is 394 g/mol. The van der Waals surface area contributed by atoms with Crippen LogP contribution in [0.2, 0.25) is 0 Å². The summed E-state index contributed by atoms with van der Waals surface area (Å²) in [6.45, 7) is 6.83. The molecule has 0 heterocycles. The van der Waals surface area contributed by atoms with E-state index in [-0.39, 0.29) is 0 Å². The lowest BCUT2D eigenvalue weighted by atomic mass is 10.0. The Morgan fingerprint density at radius 1 is 0.321 bits per heavy atom. The predicted molar refractivity (Wildman–Crippen MR) is 131 cm³/mol. The first-order valence-electron chi connectivity index (χ1n) is 13.6. The monoisotopic (exact) mass is 393 g/mol. The zero-order valence-corrected chi connectivity index (χ0v) is 20.5. The van der Waals surface area contributed by atoms with Crippen molar-refractivity contribution in [1.29, 1.82) is 0 Å². The molecule has 169 valence electrons. The van der Waals surface area contributed by atoms with Gasteiger partial charge in [-0.2, -0.15) is 0 Å². The quantitative estimate of drug-likeness (QED) is 0.143. The van der Waals surface area contributed by atoms with Gasteiger partial charge in [-0.05, 0) is 12.3 Å². The van der Waals surface area contributed by atoms with Gasteiger partial charge in [-0.15, -0.1) is 0 Å². The lowest BCUT2D eigenvalue weighted by Gasteiger charge is -2.05. The molecule has 0 aliphatic rings. The molecule has 28 heavy (non-hydrogen) atoms. The SMILES string of the molecule is CCCCCCCCCCCCCCCCCCCCCCCCC[C](C)C. The molecule has 0 aromatic rings. The Kier molecular flexibility index (Phi) is 25.0. The predicted octanol–water partition coefficient (Wildman–Crippen LogP) is 11.0. The Balaban J connectivity index is 2.98. The van der Waals surface area contributed by atoms with Crippen molar-refractivity contribution in [3.8, 4) is 0 Å². The zero-order valence-electron chi connectivity index (χ0n) is 20.5. The molecule has 0 saturated carbocycles. The molecule has 0 amide bonds. The Morgan fingerprint density at radius 3 is 0.750 bits per heavy atom. The van der Waals surface area contributed by atoms with E-state index in [1.165, 1.54) is 154 Å². The molecular formula is C28H57. The summed E-state index contributed by atoms with van der Waals surface area (Å²) in [5.41, 5.74) is 0. The molecule has 0 rings (SSSR count). The van der Waals surface area contributed by atoms with Crippen molar-refractivity contribution >= 4 is 0 Å². The summed E-state index contributed by atoms with van der Waals surface area (Å²) in [4.78, 5) is 0. The number of hydrogen-bond donors (Lipinski definition) is 0. The van der Waals surface area contributed by atoms with Crippen molar-refractivity contribution in [2.75, 3.05) is 0 Å². The van der Waals surface area contributed by atoms with Crippen LogP contribution in [-0.4, -0.2) is 0 Å².